The van der Waals surface area contributed by atoms with Crippen molar-refractivity contribution in [1.29, 1.82) is 0 Å². The van der Waals surface area contributed by atoms with Crippen LogP contribution in [0.25, 0.3) is 11.4 Å². The number of hydrogen-bond donors (Lipinski definition) is 2. The van der Waals surface area contributed by atoms with Gasteiger partial charge in [-0.05, 0) is 49.0 Å². The van der Waals surface area contributed by atoms with Gasteiger partial charge in [0, 0.05) is 25.1 Å². The van der Waals surface area contributed by atoms with Crippen molar-refractivity contribution < 1.29 is 9.18 Å². The molecule has 0 atom stereocenters. The molecule has 1 heterocycles. The third-order valence-electron chi connectivity index (χ3n) is 4.03. The average molecular weight is 370 g/mol. The number of rotatable bonds is 6. The molecule has 0 saturated carbocycles. The molecule has 7 heteroatoms. The van der Waals surface area contributed by atoms with Crippen LogP contribution in [0, 0.1) is 17.5 Å². The first-order chi connectivity index (χ1) is 12.5. The molecule has 26 heavy (non-hydrogen) atoms. The van der Waals surface area contributed by atoms with Crippen molar-refractivity contribution >= 4 is 18.1 Å². The molecule has 3 rings (SSSR count). The van der Waals surface area contributed by atoms with Crippen molar-refractivity contribution in [3.63, 3.8) is 0 Å². The molecule has 0 aliphatic heterocycles. The van der Waals surface area contributed by atoms with Gasteiger partial charge < -0.3 is 5.32 Å². The van der Waals surface area contributed by atoms with Gasteiger partial charge in [0.1, 0.15) is 5.82 Å². The van der Waals surface area contributed by atoms with Gasteiger partial charge >= 0.3 is 0 Å². The fourth-order valence-corrected chi connectivity index (χ4v) is 2.78. The van der Waals surface area contributed by atoms with Crippen molar-refractivity contribution in [2.24, 2.45) is 0 Å². The van der Waals surface area contributed by atoms with Gasteiger partial charge in [-0.2, -0.15) is 5.10 Å². The highest BCUT2D eigenvalue weighted by molar-refractivity contribution is 7.71. The molecule has 0 bridgehead atoms. The van der Waals surface area contributed by atoms with Crippen molar-refractivity contribution in [2.45, 2.75) is 26.4 Å². The molecule has 5 nitrogen and oxygen atoms in total. The van der Waals surface area contributed by atoms with Gasteiger partial charge in [-0.1, -0.05) is 29.8 Å². The molecule has 0 saturated heterocycles. The van der Waals surface area contributed by atoms with E-state index in [1.54, 1.807) is 16.7 Å². The van der Waals surface area contributed by atoms with Gasteiger partial charge in [-0.3, -0.25) is 14.5 Å². The predicted octanol–water partition coefficient (Wildman–Crippen LogP) is 3.76. The van der Waals surface area contributed by atoms with Crippen LogP contribution in [0.3, 0.4) is 0 Å². The Balaban J connectivity index is 1.61. The molecule has 0 aliphatic rings. The lowest BCUT2D eigenvalue weighted by Gasteiger charge is -2.08. The van der Waals surface area contributed by atoms with Gasteiger partial charge in [0.05, 0.1) is 0 Å². The summed E-state index contributed by atoms with van der Waals surface area (Å²) in [6.45, 7) is 2.90. The van der Waals surface area contributed by atoms with E-state index in [1.165, 1.54) is 17.7 Å². The summed E-state index contributed by atoms with van der Waals surface area (Å²) in [6, 6.07) is 14.0. The standard InChI is InChI=1S/C19H19FN4OS/c1-13-2-4-14(5-3-13)12-21-17(25)10-11-24-18(22-23-19(24)26)15-6-8-16(20)9-7-15/h2-9H,10-12H2,1H3,(H,21,25)(H,23,26). The number of nitrogens with one attached hydrogen (secondary N) is 2. The average Bonchev–Trinajstić information content (AvgIpc) is 3.01. The second kappa shape index (κ2) is 8.05. The Bertz CT molecular complexity index is 945. The molecule has 1 aromatic heterocycles. The number of amides is 1. The maximum atomic E-state index is 13.1. The number of hydrogen-bond acceptors (Lipinski definition) is 3. The number of aryl methyl sites for hydroxylation is 1. The summed E-state index contributed by atoms with van der Waals surface area (Å²) in [5.41, 5.74) is 2.97. The van der Waals surface area contributed by atoms with Crippen molar-refractivity contribution in [3.05, 3.63) is 70.2 Å². The van der Waals surface area contributed by atoms with Crippen LogP contribution in [-0.4, -0.2) is 20.7 Å². The van der Waals surface area contributed by atoms with Crippen LogP contribution >= 0.6 is 12.2 Å². The van der Waals surface area contributed by atoms with Crippen LogP contribution in [0.1, 0.15) is 17.5 Å². The highest BCUT2D eigenvalue weighted by atomic mass is 32.1. The number of benzene rings is 2. The number of carbonyl (C=O) groups is 1. The Morgan fingerprint density at radius 1 is 1.19 bits per heavy atom. The minimum atomic E-state index is -0.315. The smallest absolute Gasteiger partial charge is 0.222 e. The summed E-state index contributed by atoms with van der Waals surface area (Å²) in [6.07, 6.45) is 0.272. The van der Waals surface area contributed by atoms with Crippen LogP contribution in [0.15, 0.2) is 48.5 Å². The molecular weight excluding hydrogens is 351 g/mol. The molecule has 3 aromatic rings. The molecule has 2 N–H and O–H groups in total. The van der Waals surface area contributed by atoms with Crippen LogP contribution in [0.2, 0.25) is 0 Å². The SMILES string of the molecule is Cc1ccc(CNC(=O)CCn2c(-c3ccc(F)cc3)n[nH]c2=S)cc1. The van der Waals surface area contributed by atoms with Crippen LogP contribution < -0.4 is 5.32 Å². The van der Waals surface area contributed by atoms with Gasteiger partial charge in [-0.15, -0.1) is 0 Å². The molecule has 0 aliphatic carbocycles. The zero-order valence-electron chi connectivity index (χ0n) is 14.3. The van der Waals surface area contributed by atoms with E-state index < -0.39 is 0 Å². The van der Waals surface area contributed by atoms with Crippen molar-refractivity contribution in [1.82, 2.24) is 20.1 Å². The van der Waals surface area contributed by atoms with Crippen LogP contribution in [-0.2, 0) is 17.9 Å². The molecule has 134 valence electrons. The van der Waals surface area contributed by atoms with Gasteiger partial charge in [0.25, 0.3) is 0 Å². The molecular formula is C19H19FN4OS. The van der Waals surface area contributed by atoms with Gasteiger partial charge in [0.2, 0.25) is 5.91 Å². The normalized spacial score (nSPS) is 10.7. The monoisotopic (exact) mass is 370 g/mol. The Morgan fingerprint density at radius 3 is 2.58 bits per heavy atom. The Hall–Kier alpha value is -2.80. The minimum Gasteiger partial charge on any atom is -0.352 e. The largest absolute Gasteiger partial charge is 0.352 e. The quantitative estimate of drug-likeness (QED) is 0.650. The lowest BCUT2D eigenvalue weighted by atomic mass is 10.1. The fourth-order valence-electron chi connectivity index (χ4n) is 2.55. The molecule has 0 radical (unpaired) electrons. The van der Waals surface area contributed by atoms with E-state index in [0.717, 1.165) is 11.1 Å². The van der Waals surface area contributed by atoms with E-state index in [4.69, 9.17) is 12.2 Å². The fraction of sp³-hybridized carbons (Fsp3) is 0.211. The van der Waals surface area contributed by atoms with Gasteiger partial charge in [0.15, 0.2) is 10.6 Å². The van der Waals surface area contributed by atoms with E-state index in [-0.39, 0.29) is 18.1 Å². The first-order valence-corrected chi connectivity index (χ1v) is 8.67. The van der Waals surface area contributed by atoms with Crippen molar-refractivity contribution in [2.75, 3.05) is 0 Å². The Morgan fingerprint density at radius 2 is 1.88 bits per heavy atom. The first kappa shape index (κ1) is 18.0. The van der Waals surface area contributed by atoms with E-state index in [9.17, 15) is 9.18 Å². The number of halogens is 1. The van der Waals surface area contributed by atoms with Crippen LogP contribution in [0.5, 0.6) is 0 Å². The second-order valence-electron chi connectivity index (χ2n) is 6.02. The van der Waals surface area contributed by atoms with Crippen molar-refractivity contribution in [3.8, 4) is 11.4 Å². The maximum Gasteiger partial charge on any atom is 0.222 e. The highest BCUT2D eigenvalue weighted by Gasteiger charge is 2.11. The Labute approximate surface area is 155 Å². The predicted molar refractivity (Wildman–Crippen MR) is 100 cm³/mol. The number of nitrogens with zero attached hydrogens (tertiary/aromatic N) is 2. The van der Waals surface area contributed by atoms with E-state index in [1.807, 2.05) is 31.2 Å². The van der Waals surface area contributed by atoms with E-state index >= 15 is 0 Å². The second-order valence-corrected chi connectivity index (χ2v) is 6.41. The van der Waals surface area contributed by atoms with Gasteiger partial charge in [-0.25, -0.2) is 4.39 Å². The Kier molecular flexibility index (Phi) is 5.58. The summed E-state index contributed by atoms with van der Waals surface area (Å²) in [4.78, 5) is 12.1. The highest BCUT2D eigenvalue weighted by Crippen LogP contribution is 2.18. The first-order valence-electron chi connectivity index (χ1n) is 8.26. The third kappa shape index (κ3) is 4.43. The lowest BCUT2D eigenvalue weighted by Crippen LogP contribution is -2.24. The minimum absolute atomic E-state index is 0.0706. The molecule has 1 amide bonds. The summed E-state index contributed by atoms with van der Waals surface area (Å²) >= 11 is 5.24. The molecule has 0 unspecified atom stereocenters. The molecule has 2 aromatic carbocycles. The summed E-state index contributed by atoms with van der Waals surface area (Å²) in [5.74, 6) is 0.199. The summed E-state index contributed by atoms with van der Waals surface area (Å²) < 4.78 is 15.3. The zero-order chi connectivity index (χ0) is 18.5. The zero-order valence-corrected chi connectivity index (χ0v) is 15.1. The maximum absolute atomic E-state index is 13.1. The number of H-pyrrole nitrogens is 1. The van der Waals surface area contributed by atoms with E-state index in [0.29, 0.717) is 23.7 Å². The number of carbonyl (C=O) groups excluding carboxylic acids is 1. The molecule has 0 spiro atoms. The number of aromatic nitrogens is 3. The van der Waals surface area contributed by atoms with E-state index in [2.05, 4.69) is 15.5 Å². The number of aromatic amines is 1. The molecule has 0 fully saturated rings. The lowest BCUT2D eigenvalue weighted by molar-refractivity contribution is -0.121. The summed E-state index contributed by atoms with van der Waals surface area (Å²) in [5, 5.41) is 9.82. The summed E-state index contributed by atoms with van der Waals surface area (Å²) in [7, 11) is 0. The van der Waals surface area contributed by atoms with Crippen LogP contribution in [0.4, 0.5) is 4.39 Å². The topological polar surface area (TPSA) is 62.7 Å². The third-order valence-corrected chi connectivity index (χ3v) is 4.35.